The molecule has 0 aromatic rings. The largest absolute Gasteiger partial charge is 0.480 e. The average Bonchev–Trinajstić information content (AvgIpc) is 2.33. The van der Waals surface area contributed by atoms with E-state index in [-0.39, 0.29) is 11.4 Å². The second-order valence-electron chi connectivity index (χ2n) is 4.70. The number of nitrogens with one attached hydrogen (secondary N) is 1. The molecule has 0 aliphatic carbocycles. The lowest BCUT2D eigenvalue weighted by atomic mass is 10.0. The number of aliphatic carboxylic acids is 1. The van der Waals surface area contributed by atoms with E-state index in [9.17, 15) is 9.59 Å². The third-order valence-electron chi connectivity index (χ3n) is 2.78. The van der Waals surface area contributed by atoms with Gasteiger partial charge < -0.3 is 21.3 Å². The summed E-state index contributed by atoms with van der Waals surface area (Å²) in [6.45, 7) is 3.79. The van der Waals surface area contributed by atoms with Crippen molar-refractivity contribution >= 4 is 23.6 Å². The zero-order chi connectivity index (χ0) is 14.9. The molecule has 0 aliphatic rings. The maximum absolute atomic E-state index is 11.5. The Kier molecular flexibility index (Phi) is 8.79. The maximum atomic E-state index is 11.5. The van der Waals surface area contributed by atoms with Crippen LogP contribution in [-0.2, 0) is 9.59 Å². The van der Waals surface area contributed by atoms with E-state index in [4.69, 9.17) is 15.9 Å². The van der Waals surface area contributed by atoms with Crippen molar-refractivity contribution in [1.29, 1.82) is 0 Å². The Bertz CT molecular complexity index is 293. The Morgan fingerprint density at radius 2 is 2.05 bits per heavy atom. The summed E-state index contributed by atoms with van der Waals surface area (Å²) in [5.41, 5.74) is 5.71. The molecule has 0 radical (unpaired) electrons. The molecule has 0 aliphatic heterocycles. The molecule has 0 bridgehead atoms. The number of nitrogens with two attached hydrogens (primary N) is 1. The zero-order valence-corrected chi connectivity index (χ0v) is 12.3. The standard InChI is InChI=1S/C12H24N2O4S/c1-3-4-12(2,5-6-15)19-8-9(13)11(18)14-7-10(16)17/h9,15H,3-8,13H2,1-2H3,(H,14,18)(H,16,17)/t9?,12-/m1/s1. The van der Waals surface area contributed by atoms with E-state index >= 15 is 0 Å². The molecule has 0 rings (SSSR count). The molecule has 0 saturated heterocycles. The predicted molar refractivity (Wildman–Crippen MR) is 76.1 cm³/mol. The molecule has 0 spiro atoms. The minimum absolute atomic E-state index is 0.101. The summed E-state index contributed by atoms with van der Waals surface area (Å²) in [5, 5.41) is 19.8. The van der Waals surface area contributed by atoms with E-state index in [1.54, 1.807) is 11.8 Å². The Morgan fingerprint density at radius 1 is 1.42 bits per heavy atom. The van der Waals surface area contributed by atoms with Gasteiger partial charge in [0.15, 0.2) is 0 Å². The van der Waals surface area contributed by atoms with Gasteiger partial charge in [0.2, 0.25) is 5.91 Å². The zero-order valence-electron chi connectivity index (χ0n) is 11.5. The third-order valence-corrected chi connectivity index (χ3v) is 4.41. The molecule has 6 nitrogen and oxygen atoms in total. The summed E-state index contributed by atoms with van der Waals surface area (Å²) >= 11 is 1.55. The van der Waals surface area contributed by atoms with E-state index in [1.165, 1.54) is 0 Å². The number of carbonyl (C=O) groups is 2. The quantitative estimate of drug-likeness (QED) is 0.457. The molecule has 1 amide bonds. The summed E-state index contributed by atoms with van der Waals surface area (Å²) in [6, 6.07) is -0.737. The molecule has 7 heteroatoms. The molecule has 0 aromatic heterocycles. The van der Waals surface area contributed by atoms with E-state index in [0.717, 1.165) is 12.8 Å². The van der Waals surface area contributed by atoms with Crippen LogP contribution in [0.1, 0.15) is 33.1 Å². The molecule has 1 unspecified atom stereocenters. The first-order chi connectivity index (χ1) is 8.84. The van der Waals surface area contributed by atoms with Crippen molar-refractivity contribution in [2.45, 2.75) is 43.9 Å². The summed E-state index contributed by atoms with van der Waals surface area (Å²) in [5.74, 6) is -1.15. The van der Waals surface area contributed by atoms with Crippen molar-refractivity contribution in [2.75, 3.05) is 18.9 Å². The van der Waals surface area contributed by atoms with Crippen LogP contribution in [0.5, 0.6) is 0 Å². The Morgan fingerprint density at radius 3 is 2.53 bits per heavy atom. The van der Waals surface area contributed by atoms with Crippen LogP contribution in [0.15, 0.2) is 0 Å². The number of carbonyl (C=O) groups excluding carboxylic acids is 1. The molecular weight excluding hydrogens is 268 g/mol. The van der Waals surface area contributed by atoms with Crippen molar-refractivity contribution in [3.05, 3.63) is 0 Å². The minimum atomic E-state index is -1.09. The molecule has 0 heterocycles. The number of rotatable bonds is 10. The summed E-state index contributed by atoms with van der Waals surface area (Å²) in [7, 11) is 0. The second-order valence-corrected chi connectivity index (χ2v) is 6.31. The van der Waals surface area contributed by atoms with E-state index in [2.05, 4.69) is 12.2 Å². The first-order valence-electron chi connectivity index (χ1n) is 6.34. The number of hydrogen-bond donors (Lipinski definition) is 4. The smallest absolute Gasteiger partial charge is 0.322 e. The third kappa shape index (κ3) is 8.07. The van der Waals surface area contributed by atoms with Crippen molar-refractivity contribution in [1.82, 2.24) is 5.32 Å². The van der Waals surface area contributed by atoms with Crippen molar-refractivity contribution < 1.29 is 19.8 Å². The Balaban J connectivity index is 4.20. The number of hydrogen-bond acceptors (Lipinski definition) is 5. The van der Waals surface area contributed by atoms with Gasteiger partial charge in [-0.15, -0.1) is 0 Å². The normalized spacial score (nSPS) is 15.6. The lowest BCUT2D eigenvalue weighted by molar-refractivity contribution is -0.138. The van der Waals surface area contributed by atoms with Crippen LogP contribution in [0.2, 0.25) is 0 Å². The molecule has 19 heavy (non-hydrogen) atoms. The van der Waals surface area contributed by atoms with Crippen LogP contribution in [0.4, 0.5) is 0 Å². The van der Waals surface area contributed by atoms with Gasteiger partial charge in [0.25, 0.3) is 0 Å². The highest BCUT2D eigenvalue weighted by molar-refractivity contribution is 8.00. The first kappa shape index (κ1) is 18.2. The second kappa shape index (κ2) is 9.17. The fraction of sp³-hybridized carbons (Fsp3) is 0.833. The topological polar surface area (TPSA) is 113 Å². The summed E-state index contributed by atoms with van der Waals surface area (Å²) < 4.78 is -0.103. The fourth-order valence-electron chi connectivity index (χ4n) is 1.70. The van der Waals surface area contributed by atoms with Crippen LogP contribution in [0, 0.1) is 0 Å². The van der Waals surface area contributed by atoms with Crippen LogP contribution in [-0.4, -0.2) is 51.8 Å². The highest BCUT2D eigenvalue weighted by atomic mass is 32.2. The van der Waals surface area contributed by atoms with E-state index in [1.807, 2.05) is 6.92 Å². The number of thioether (sulfide) groups is 1. The SMILES string of the molecule is CCC[C@](C)(CCO)SCC(N)C(=O)NCC(=O)O. The van der Waals surface area contributed by atoms with E-state index < -0.39 is 24.5 Å². The summed E-state index contributed by atoms with van der Waals surface area (Å²) in [6.07, 6.45) is 2.57. The number of amides is 1. The molecule has 112 valence electrons. The Hall–Kier alpha value is -0.790. The van der Waals surface area contributed by atoms with Crippen molar-refractivity contribution in [3.63, 3.8) is 0 Å². The van der Waals surface area contributed by atoms with Crippen molar-refractivity contribution in [3.8, 4) is 0 Å². The van der Waals surface area contributed by atoms with Crippen LogP contribution in [0.25, 0.3) is 0 Å². The number of carboxylic acids is 1. The summed E-state index contributed by atoms with van der Waals surface area (Å²) in [4.78, 5) is 21.8. The number of aliphatic hydroxyl groups is 1. The van der Waals surface area contributed by atoms with Gasteiger partial charge in [-0.1, -0.05) is 20.3 Å². The highest BCUT2D eigenvalue weighted by Gasteiger charge is 2.25. The van der Waals surface area contributed by atoms with Gasteiger partial charge >= 0.3 is 5.97 Å². The van der Waals surface area contributed by atoms with E-state index in [0.29, 0.717) is 12.2 Å². The minimum Gasteiger partial charge on any atom is -0.480 e. The van der Waals surface area contributed by atoms with Crippen molar-refractivity contribution in [2.24, 2.45) is 5.73 Å². The number of carboxylic acid groups (broad SMARTS) is 1. The van der Waals surface area contributed by atoms with Crippen LogP contribution >= 0.6 is 11.8 Å². The van der Waals surface area contributed by atoms with Gasteiger partial charge in [-0.3, -0.25) is 9.59 Å². The first-order valence-corrected chi connectivity index (χ1v) is 7.33. The van der Waals surface area contributed by atoms with Gasteiger partial charge in [-0.2, -0.15) is 11.8 Å². The van der Waals surface area contributed by atoms with Crippen LogP contribution in [0.3, 0.4) is 0 Å². The lowest BCUT2D eigenvalue weighted by Crippen LogP contribution is -2.44. The molecule has 5 N–H and O–H groups in total. The Labute approximate surface area is 118 Å². The highest BCUT2D eigenvalue weighted by Crippen LogP contribution is 2.33. The molecule has 0 aromatic carbocycles. The molecule has 0 fully saturated rings. The van der Waals surface area contributed by atoms with Gasteiger partial charge in [0.05, 0.1) is 6.04 Å². The fourth-order valence-corrected chi connectivity index (χ4v) is 3.01. The van der Waals surface area contributed by atoms with Crippen LogP contribution < -0.4 is 11.1 Å². The van der Waals surface area contributed by atoms with Gasteiger partial charge in [-0.05, 0) is 12.8 Å². The molecule has 0 saturated carbocycles. The molecule has 2 atom stereocenters. The maximum Gasteiger partial charge on any atom is 0.322 e. The monoisotopic (exact) mass is 292 g/mol. The van der Waals surface area contributed by atoms with Gasteiger partial charge in [0, 0.05) is 17.1 Å². The molecular formula is C12H24N2O4S. The van der Waals surface area contributed by atoms with Gasteiger partial charge in [0.1, 0.15) is 6.54 Å². The van der Waals surface area contributed by atoms with Gasteiger partial charge in [-0.25, -0.2) is 0 Å². The predicted octanol–water partition coefficient (Wildman–Crippen LogP) is 0.189. The lowest BCUT2D eigenvalue weighted by Gasteiger charge is -2.29. The average molecular weight is 292 g/mol. The number of aliphatic hydroxyl groups excluding tert-OH is 1.